The summed E-state index contributed by atoms with van der Waals surface area (Å²) in [6.07, 6.45) is 5.25. The van der Waals surface area contributed by atoms with Crippen molar-refractivity contribution in [3.63, 3.8) is 0 Å². The van der Waals surface area contributed by atoms with Gasteiger partial charge in [-0.25, -0.2) is 9.97 Å². The molecule has 1 aromatic carbocycles. The number of imidazole rings is 1. The number of hydrogen-bond donors (Lipinski definition) is 2. The Morgan fingerprint density at radius 3 is 2.95 bits per heavy atom. The van der Waals surface area contributed by atoms with E-state index in [2.05, 4.69) is 15.3 Å². The molecule has 3 rings (SSSR count). The van der Waals surface area contributed by atoms with E-state index in [1.165, 1.54) is 11.3 Å². The van der Waals surface area contributed by atoms with E-state index in [4.69, 9.17) is 5.73 Å². The number of anilines is 2. The Bertz CT molecular complexity index is 779. The fraction of sp³-hybridized carbons (Fsp3) is 0.0714. The van der Waals surface area contributed by atoms with Crippen LogP contribution in [0.3, 0.4) is 0 Å². The highest BCUT2D eigenvalue weighted by Gasteiger charge is 2.14. The minimum atomic E-state index is -0.204. The molecule has 0 spiro atoms. The number of hydrogen-bond acceptors (Lipinski definition) is 5. The number of carbonyl (C=O) groups is 1. The van der Waals surface area contributed by atoms with E-state index in [1.807, 2.05) is 35.0 Å². The quantitative estimate of drug-likeness (QED) is 0.778. The lowest BCUT2D eigenvalue weighted by molar-refractivity contribution is 0.103. The van der Waals surface area contributed by atoms with E-state index in [9.17, 15) is 4.79 Å². The van der Waals surface area contributed by atoms with Gasteiger partial charge in [-0.05, 0) is 25.1 Å². The normalized spacial score (nSPS) is 10.5. The van der Waals surface area contributed by atoms with E-state index < -0.39 is 0 Å². The number of aromatic nitrogens is 3. The summed E-state index contributed by atoms with van der Waals surface area (Å²) in [7, 11) is 0. The molecule has 106 valence electrons. The highest BCUT2D eigenvalue weighted by atomic mass is 32.1. The first-order chi connectivity index (χ1) is 10.1. The van der Waals surface area contributed by atoms with Crippen molar-refractivity contribution in [1.82, 2.24) is 14.5 Å². The molecule has 0 atom stereocenters. The number of nitrogens with one attached hydrogen (secondary N) is 1. The molecular formula is C14H13N5OS. The smallest absolute Gasteiger partial charge is 0.267 e. The summed E-state index contributed by atoms with van der Waals surface area (Å²) < 4.78 is 1.87. The Morgan fingerprint density at radius 2 is 2.29 bits per heavy atom. The van der Waals surface area contributed by atoms with Crippen molar-refractivity contribution in [3.05, 3.63) is 53.6 Å². The van der Waals surface area contributed by atoms with Crippen molar-refractivity contribution in [2.45, 2.75) is 6.92 Å². The van der Waals surface area contributed by atoms with Crippen molar-refractivity contribution >= 4 is 28.1 Å². The van der Waals surface area contributed by atoms with Gasteiger partial charge in [-0.3, -0.25) is 4.79 Å². The number of nitrogens with two attached hydrogens (primary N) is 1. The second kappa shape index (κ2) is 5.37. The summed E-state index contributed by atoms with van der Waals surface area (Å²) in [5, 5.41) is 3.25. The van der Waals surface area contributed by atoms with Crippen molar-refractivity contribution in [3.8, 4) is 5.69 Å². The average Bonchev–Trinajstić information content (AvgIpc) is 3.08. The van der Waals surface area contributed by atoms with Crippen molar-refractivity contribution in [2.24, 2.45) is 0 Å². The maximum atomic E-state index is 12.2. The molecule has 0 aliphatic rings. The Morgan fingerprint density at radius 1 is 1.43 bits per heavy atom. The van der Waals surface area contributed by atoms with E-state index in [0.717, 1.165) is 5.69 Å². The van der Waals surface area contributed by atoms with Crippen LogP contribution in [0.1, 0.15) is 15.4 Å². The zero-order valence-electron chi connectivity index (χ0n) is 11.3. The highest BCUT2D eigenvalue weighted by molar-refractivity contribution is 7.17. The number of amides is 1. The molecule has 3 N–H and O–H groups in total. The van der Waals surface area contributed by atoms with E-state index >= 15 is 0 Å². The van der Waals surface area contributed by atoms with Gasteiger partial charge in [-0.1, -0.05) is 17.4 Å². The molecule has 2 aromatic heterocycles. The Balaban J connectivity index is 1.84. The third-order valence-corrected chi connectivity index (χ3v) is 3.91. The molecule has 7 heteroatoms. The summed E-state index contributed by atoms with van der Waals surface area (Å²) >= 11 is 1.18. The monoisotopic (exact) mass is 299 g/mol. The fourth-order valence-electron chi connectivity index (χ4n) is 1.97. The standard InChI is InChI=1S/C14H13N5OS/c1-9-12(21-14(15)17-9)13(20)18-10-3-2-4-11(7-10)19-6-5-16-8-19/h2-8H,1H3,(H2,15,17)(H,18,20). The zero-order chi connectivity index (χ0) is 14.8. The minimum Gasteiger partial charge on any atom is -0.375 e. The summed E-state index contributed by atoms with van der Waals surface area (Å²) in [6, 6.07) is 7.52. The molecule has 0 aliphatic carbocycles. The molecule has 1 amide bonds. The van der Waals surface area contributed by atoms with Crippen LogP contribution in [0.5, 0.6) is 0 Å². The Kier molecular flexibility index (Phi) is 3.41. The van der Waals surface area contributed by atoms with Crippen LogP contribution in [-0.4, -0.2) is 20.4 Å². The third kappa shape index (κ3) is 2.77. The lowest BCUT2D eigenvalue weighted by Gasteiger charge is -2.07. The van der Waals surface area contributed by atoms with E-state index in [-0.39, 0.29) is 5.91 Å². The molecular weight excluding hydrogens is 286 g/mol. The van der Waals surface area contributed by atoms with Crippen LogP contribution in [0.15, 0.2) is 43.0 Å². The van der Waals surface area contributed by atoms with Gasteiger partial charge < -0.3 is 15.6 Å². The maximum Gasteiger partial charge on any atom is 0.267 e. The van der Waals surface area contributed by atoms with Crippen LogP contribution in [0.4, 0.5) is 10.8 Å². The molecule has 0 aliphatic heterocycles. The summed E-state index contributed by atoms with van der Waals surface area (Å²) in [5.41, 5.74) is 7.88. The van der Waals surface area contributed by atoms with Crippen LogP contribution < -0.4 is 11.1 Å². The lowest BCUT2D eigenvalue weighted by Crippen LogP contribution is -2.11. The van der Waals surface area contributed by atoms with Crippen LogP contribution in [-0.2, 0) is 0 Å². The summed E-state index contributed by atoms with van der Waals surface area (Å²) in [6.45, 7) is 1.77. The van der Waals surface area contributed by atoms with Crippen LogP contribution in [0.2, 0.25) is 0 Å². The topological polar surface area (TPSA) is 85.8 Å². The Labute approximate surface area is 125 Å². The van der Waals surface area contributed by atoms with Gasteiger partial charge in [0.25, 0.3) is 5.91 Å². The first kappa shape index (κ1) is 13.3. The number of aryl methyl sites for hydroxylation is 1. The molecule has 0 unspecified atom stereocenters. The number of benzene rings is 1. The third-order valence-electron chi connectivity index (χ3n) is 2.93. The fourth-order valence-corrected chi connectivity index (χ4v) is 2.70. The molecule has 0 bridgehead atoms. The molecule has 0 fully saturated rings. The van der Waals surface area contributed by atoms with Gasteiger partial charge in [0.05, 0.1) is 12.0 Å². The SMILES string of the molecule is Cc1nc(N)sc1C(=O)Nc1cccc(-n2ccnc2)c1. The number of thiazole rings is 1. The molecule has 2 heterocycles. The Hall–Kier alpha value is -2.67. The molecule has 6 nitrogen and oxygen atoms in total. The molecule has 0 saturated heterocycles. The lowest BCUT2D eigenvalue weighted by atomic mass is 10.2. The van der Waals surface area contributed by atoms with Crippen molar-refractivity contribution in [2.75, 3.05) is 11.1 Å². The van der Waals surface area contributed by atoms with Crippen LogP contribution in [0.25, 0.3) is 5.69 Å². The van der Waals surface area contributed by atoms with Gasteiger partial charge in [0.1, 0.15) is 4.88 Å². The van der Waals surface area contributed by atoms with Gasteiger partial charge in [0.15, 0.2) is 5.13 Å². The van der Waals surface area contributed by atoms with Gasteiger partial charge in [-0.2, -0.15) is 0 Å². The van der Waals surface area contributed by atoms with Crippen LogP contribution in [0, 0.1) is 6.92 Å². The summed E-state index contributed by atoms with van der Waals surface area (Å²) in [4.78, 5) is 20.8. The number of nitrogens with zero attached hydrogens (tertiary/aromatic N) is 3. The van der Waals surface area contributed by atoms with Gasteiger partial charge in [-0.15, -0.1) is 0 Å². The number of nitrogen functional groups attached to an aromatic ring is 1. The minimum absolute atomic E-state index is 0.204. The predicted octanol–water partition coefficient (Wildman–Crippen LogP) is 2.47. The van der Waals surface area contributed by atoms with Gasteiger partial charge in [0.2, 0.25) is 0 Å². The number of rotatable bonds is 3. The molecule has 21 heavy (non-hydrogen) atoms. The first-order valence-electron chi connectivity index (χ1n) is 6.26. The molecule has 0 saturated carbocycles. The largest absolute Gasteiger partial charge is 0.375 e. The second-order valence-electron chi connectivity index (χ2n) is 4.44. The average molecular weight is 299 g/mol. The van der Waals surface area contributed by atoms with Crippen molar-refractivity contribution in [1.29, 1.82) is 0 Å². The molecule has 3 aromatic rings. The maximum absolute atomic E-state index is 12.2. The predicted molar refractivity (Wildman–Crippen MR) is 82.8 cm³/mol. The second-order valence-corrected chi connectivity index (χ2v) is 5.47. The zero-order valence-corrected chi connectivity index (χ0v) is 12.1. The van der Waals surface area contributed by atoms with Crippen molar-refractivity contribution < 1.29 is 4.79 Å². The highest BCUT2D eigenvalue weighted by Crippen LogP contribution is 2.22. The number of carbonyl (C=O) groups excluding carboxylic acids is 1. The molecule has 0 radical (unpaired) electrons. The van der Waals surface area contributed by atoms with E-state index in [1.54, 1.807) is 19.4 Å². The van der Waals surface area contributed by atoms with Gasteiger partial charge in [0, 0.05) is 23.8 Å². The van der Waals surface area contributed by atoms with Crippen LogP contribution >= 0.6 is 11.3 Å². The summed E-state index contributed by atoms with van der Waals surface area (Å²) in [5.74, 6) is -0.204. The first-order valence-corrected chi connectivity index (χ1v) is 7.08. The van der Waals surface area contributed by atoms with Gasteiger partial charge >= 0.3 is 0 Å². The van der Waals surface area contributed by atoms with E-state index in [0.29, 0.717) is 21.4 Å².